The number of aliphatic hydroxyl groups is 2. The molecule has 0 radical (unpaired) electrons. The van der Waals surface area contributed by atoms with Gasteiger partial charge >= 0.3 is 0 Å². The molecular weight excluding hydrogens is 348 g/mol. The van der Waals surface area contributed by atoms with E-state index in [1.165, 1.54) is 13.3 Å². The second-order valence-electron chi connectivity index (χ2n) is 6.00. The van der Waals surface area contributed by atoms with Crippen molar-refractivity contribution in [3.8, 4) is 12.3 Å². The molecule has 3 heterocycles. The van der Waals surface area contributed by atoms with E-state index in [0.29, 0.717) is 16.6 Å². The summed E-state index contributed by atoms with van der Waals surface area (Å²) in [6, 6.07) is 0. The zero-order valence-corrected chi connectivity index (χ0v) is 14.4. The van der Waals surface area contributed by atoms with E-state index in [1.54, 1.807) is 17.7 Å². The van der Waals surface area contributed by atoms with Gasteiger partial charge in [0, 0.05) is 13.1 Å². The molecule has 0 bridgehead atoms. The van der Waals surface area contributed by atoms with Crippen LogP contribution >= 0.6 is 11.6 Å². The number of nitrogens with one attached hydrogen (secondary N) is 1. The van der Waals surface area contributed by atoms with Gasteiger partial charge in [-0.25, -0.2) is 9.97 Å². The van der Waals surface area contributed by atoms with Crippen LogP contribution in [0, 0.1) is 12.3 Å². The maximum atomic E-state index is 11.4. The minimum Gasteiger partial charge on any atom is -0.394 e. The van der Waals surface area contributed by atoms with Crippen molar-refractivity contribution in [1.29, 1.82) is 0 Å². The second kappa shape index (κ2) is 6.28. The Morgan fingerprint density at radius 3 is 2.88 bits per heavy atom. The van der Waals surface area contributed by atoms with Crippen LogP contribution in [0.15, 0.2) is 12.5 Å². The predicted molar refractivity (Wildman–Crippen MR) is 91.0 cm³/mol. The number of alkyl halides is 1. The molecule has 3 N–H and O–H groups in total. The van der Waals surface area contributed by atoms with Crippen LogP contribution in [0.5, 0.6) is 0 Å². The van der Waals surface area contributed by atoms with E-state index in [4.69, 9.17) is 22.8 Å². The number of anilines is 1. The molecule has 132 valence electrons. The Balaban J connectivity index is 2.19. The van der Waals surface area contributed by atoms with Crippen LogP contribution < -0.4 is 5.32 Å². The third-order valence-corrected chi connectivity index (χ3v) is 4.62. The summed E-state index contributed by atoms with van der Waals surface area (Å²) in [5.74, 6) is 2.50. The van der Waals surface area contributed by atoms with Crippen molar-refractivity contribution in [2.24, 2.45) is 0 Å². The third-order valence-electron chi connectivity index (χ3n) is 4.21. The Bertz CT molecular complexity index is 873. The largest absolute Gasteiger partial charge is 0.394 e. The van der Waals surface area contributed by atoms with Crippen LogP contribution in [0.3, 0.4) is 0 Å². The van der Waals surface area contributed by atoms with Gasteiger partial charge in [0.05, 0.1) is 17.6 Å². The number of aromatic nitrogens is 3. The maximum absolute atomic E-state index is 11.4. The standard InChI is InChI=1S/C16H17ClN4O4/c1-4-9-5-21(15-16(3,17)12(24)10(6-22)25-15)14-11(9)13(18-7-19-14)20-8(2)23/h1,5,7,10,12,15,22,24H,6H2,2-3H3,(H,18,19,20,23)/t10?,12?,15-,16-/m1/s1. The molecular formula is C16H17ClN4O4. The summed E-state index contributed by atoms with van der Waals surface area (Å²) < 4.78 is 7.31. The molecule has 4 atom stereocenters. The lowest BCUT2D eigenvalue weighted by molar-refractivity contribution is -0.114. The quantitative estimate of drug-likeness (QED) is 0.544. The highest BCUT2D eigenvalue weighted by Crippen LogP contribution is 2.45. The van der Waals surface area contributed by atoms with Crippen molar-refractivity contribution in [2.45, 2.75) is 37.2 Å². The molecule has 0 spiro atoms. The minimum absolute atomic E-state index is 0.276. The summed E-state index contributed by atoms with van der Waals surface area (Å²) in [6.07, 6.45) is 5.71. The van der Waals surface area contributed by atoms with E-state index in [-0.39, 0.29) is 18.3 Å². The van der Waals surface area contributed by atoms with E-state index in [1.807, 2.05) is 0 Å². The minimum atomic E-state index is -1.22. The fourth-order valence-corrected chi connectivity index (χ4v) is 3.29. The first-order chi connectivity index (χ1) is 11.8. The fourth-order valence-electron chi connectivity index (χ4n) is 3.00. The number of fused-ring (bicyclic) bond motifs is 1. The van der Waals surface area contributed by atoms with Gasteiger partial charge in [-0.2, -0.15) is 0 Å². The normalized spacial score (nSPS) is 28.9. The van der Waals surface area contributed by atoms with Gasteiger partial charge in [0.15, 0.2) is 6.23 Å². The summed E-state index contributed by atoms with van der Waals surface area (Å²) in [5, 5.41) is 22.8. The molecule has 1 aliphatic rings. The summed E-state index contributed by atoms with van der Waals surface area (Å²) >= 11 is 6.50. The average Bonchev–Trinajstić information content (AvgIpc) is 3.04. The van der Waals surface area contributed by atoms with Crippen molar-refractivity contribution >= 4 is 34.4 Å². The van der Waals surface area contributed by atoms with E-state index in [2.05, 4.69) is 21.2 Å². The van der Waals surface area contributed by atoms with Gasteiger partial charge in [-0.3, -0.25) is 4.79 Å². The van der Waals surface area contributed by atoms with Crippen molar-refractivity contribution in [1.82, 2.24) is 14.5 Å². The number of hydrogen-bond donors (Lipinski definition) is 3. The van der Waals surface area contributed by atoms with Crippen molar-refractivity contribution in [2.75, 3.05) is 11.9 Å². The van der Waals surface area contributed by atoms with Gasteiger partial charge < -0.3 is 24.8 Å². The number of rotatable bonds is 3. The molecule has 2 aromatic rings. The molecule has 0 aromatic carbocycles. The van der Waals surface area contributed by atoms with Crippen LogP contribution in [-0.4, -0.2) is 54.3 Å². The maximum Gasteiger partial charge on any atom is 0.222 e. The number of terminal acetylenes is 1. The van der Waals surface area contributed by atoms with E-state index in [0.717, 1.165) is 0 Å². The van der Waals surface area contributed by atoms with Crippen molar-refractivity contribution < 1.29 is 19.7 Å². The van der Waals surface area contributed by atoms with E-state index < -0.39 is 23.3 Å². The van der Waals surface area contributed by atoms with Gasteiger partial charge in [-0.1, -0.05) is 5.92 Å². The average molecular weight is 365 g/mol. The Labute approximate surface area is 148 Å². The number of ether oxygens (including phenoxy) is 1. The van der Waals surface area contributed by atoms with Crippen LogP contribution in [0.1, 0.15) is 25.6 Å². The first-order valence-electron chi connectivity index (χ1n) is 7.54. The lowest BCUT2D eigenvalue weighted by Crippen LogP contribution is -2.39. The topological polar surface area (TPSA) is 110 Å². The molecule has 0 saturated carbocycles. The van der Waals surface area contributed by atoms with Crippen LogP contribution in [0.2, 0.25) is 0 Å². The Hall–Kier alpha value is -2.18. The van der Waals surface area contributed by atoms with E-state index >= 15 is 0 Å². The summed E-state index contributed by atoms with van der Waals surface area (Å²) in [5.41, 5.74) is 0.840. The molecule has 1 amide bonds. The van der Waals surface area contributed by atoms with Crippen LogP contribution in [-0.2, 0) is 9.53 Å². The Kier molecular flexibility index (Phi) is 4.43. The van der Waals surface area contributed by atoms with Crippen molar-refractivity contribution in [3.05, 3.63) is 18.1 Å². The number of amides is 1. The second-order valence-corrected chi connectivity index (χ2v) is 6.82. The molecule has 3 rings (SSSR count). The fraction of sp³-hybridized carbons (Fsp3) is 0.438. The van der Waals surface area contributed by atoms with Crippen LogP contribution in [0.25, 0.3) is 11.0 Å². The first-order valence-corrected chi connectivity index (χ1v) is 7.92. The molecule has 0 aliphatic carbocycles. The number of aliphatic hydroxyl groups excluding tert-OH is 2. The number of carbonyl (C=O) groups is 1. The number of nitrogens with zero attached hydrogens (tertiary/aromatic N) is 3. The van der Waals surface area contributed by atoms with Crippen LogP contribution in [0.4, 0.5) is 5.82 Å². The SMILES string of the molecule is C#Cc1cn([C@@H]2OC(CO)C(O)[C@@]2(C)Cl)c2ncnc(NC(C)=O)c12. The lowest BCUT2D eigenvalue weighted by atomic mass is 10.0. The van der Waals surface area contributed by atoms with Gasteiger partial charge in [0.1, 0.15) is 34.9 Å². The molecule has 1 saturated heterocycles. The molecule has 1 fully saturated rings. The molecule has 25 heavy (non-hydrogen) atoms. The highest BCUT2D eigenvalue weighted by molar-refractivity contribution is 6.24. The van der Waals surface area contributed by atoms with Gasteiger partial charge in [0.2, 0.25) is 5.91 Å². The number of hydrogen-bond acceptors (Lipinski definition) is 6. The first kappa shape index (κ1) is 17.6. The summed E-state index contributed by atoms with van der Waals surface area (Å²) in [6.45, 7) is 2.59. The Morgan fingerprint density at radius 2 is 2.32 bits per heavy atom. The highest BCUT2D eigenvalue weighted by atomic mass is 35.5. The summed E-state index contributed by atoms with van der Waals surface area (Å²) in [7, 11) is 0. The molecule has 2 unspecified atom stereocenters. The Morgan fingerprint density at radius 1 is 1.60 bits per heavy atom. The number of halogens is 1. The van der Waals surface area contributed by atoms with Crippen molar-refractivity contribution in [3.63, 3.8) is 0 Å². The summed E-state index contributed by atoms with van der Waals surface area (Å²) in [4.78, 5) is 18.5. The molecule has 8 nitrogen and oxygen atoms in total. The molecule has 1 aliphatic heterocycles. The smallest absolute Gasteiger partial charge is 0.222 e. The monoisotopic (exact) mass is 364 g/mol. The molecule has 2 aromatic heterocycles. The number of carbonyl (C=O) groups excluding carboxylic acids is 1. The predicted octanol–water partition coefficient (Wildman–Crippen LogP) is 0.619. The zero-order valence-electron chi connectivity index (χ0n) is 13.6. The van der Waals surface area contributed by atoms with Gasteiger partial charge in [0.25, 0.3) is 0 Å². The third kappa shape index (κ3) is 2.75. The van der Waals surface area contributed by atoms with Gasteiger partial charge in [-0.15, -0.1) is 18.0 Å². The zero-order chi connectivity index (χ0) is 18.4. The van der Waals surface area contributed by atoms with Gasteiger partial charge in [-0.05, 0) is 6.92 Å². The lowest BCUT2D eigenvalue weighted by Gasteiger charge is -2.26. The highest BCUT2D eigenvalue weighted by Gasteiger charge is 2.53. The van der Waals surface area contributed by atoms with E-state index in [9.17, 15) is 15.0 Å². The molecule has 9 heteroatoms.